The Kier molecular flexibility index (Phi) is 2.68. The van der Waals surface area contributed by atoms with Crippen LogP contribution in [0.1, 0.15) is 5.56 Å². The molecule has 0 aromatic heterocycles. The third kappa shape index (κ3) is 1.71. The van der Waals surface area contributed by atoms with Crippen LogP contribution in [0, 0.1) is 0 Å². The second-order valence-corrected chi connectivity index (χ2v) is 3.29. The molecule has 0 spiro atoms. The van der Waals surface area contributed by atoms with Crippen LogP contribution < -0.4 is 4.74 Å². The first-order valence-corrected chi connectivity index (χ1v) is 4.84. The molecule has 76 valence electrons. The first-order valence-electron chi connectivity index (χ1n) is 4.84. The van der Waals surface area contributed by atoms with E-state index < -0.39 is 0 Å². The Bertz CT molecular complexity index is 503. The van der Waals surface area contributed by atoms with Gasteiger partial charge in [-0.1, -0.05) is 24.3 Å². The number of aliphatic imine (C=N–C) groups is 1. The molecule has 0 N–H and O–H groups in total. The molecule has 0 aliphatic rings. The fraction of sp³-hybridized carbons (Fsp3) is 0.154. The summed E-state index contributed by atoms with van der Waals surface area (Å²) in [6.45, 7) is 0. The molecule has 2 rings (SSSR count). The van der Waals surface area contributed by atoms with E-state index in [1.807, 2.05) is 30.5 Å². The fourth-order valence-corrected chi connectivity index (χ4v) is 1.72. The zero-order valence-corrected chi connectivity index (χ0v) is 8.90. The van der Waals surface area contributed by atoms with E-state index in [0.717, 1.165) is 16.7 Å². The molecule has 2 aromatic carbocycles. The Morgan fingerprint density at radius 3 is 2.47 bits per heavy atom. The Hall–Kier alpha value is -1.83. The van der Waals surface area contributed by atoms with Crippen molar-refractivity contribution in [1.29, 1.82) is 0 Å². The lowest BCUT2D eigenvalue weighted by Crippen LogP contribution is -1.89. The summed E-state index contributed by atoms with van der Waals surface area (Å²) in [5, 5.41) is 2.29. The van der Waals surface area contributed by atoms with E-state index in [4.69, 9.17) is 4.74 Å². The number of hydrogen-bond acceptors (Lipinski definition) is 2. The molecule has 0 radical (unpaired) electrons. The summed E-state index contributed by atoms with van der Waals surface area (Å²) in [4.78, 5) is 4.05. The highest BCUT2D eigenvalue weighted by Gasteiger charge is 2.03. The number of methoxy groups -OCH3 is 1. The van der Waals surface area contributed by atoms with Crippen LogP contribution in [0.15, 0.2) is 41.4 Å². The van der Waals surface area contributed by atoms with Crippen molar-refractivity contribution in [3.05, 3.63) is 42.0 Å². The van der Waals surface area contributed by atoms with Crippen LogP contribution in [-0.4, -0.2) is 20.4 Å². The van der Waals surface area contributed by atoms with Crippen LogP contribution in [0.3, 0.4) is 0 Å². The van der Waals surface area contributed by atoms with E-state index in [2.05, 4.69) is 17.1 Å². The van der Waals surface area contributed by atoms with Gasteiger partial charge in [0.15, 0.2) is 0 Å². The van der Waals surface area contributed by atoms with Crippen molar-refractivity contribution < 1.29 is 4.74 Å². The summed E-state index contributed by atoms with van der Waals surface area (Å²) in [6.07, 6.45) is 1.86. The van der Waals surface area contributed by atoms with Crippen LogP contribution >= 0.6 is 0 Å². The van der Waals surface area contributed by atoms with Crippen LogP contribution in [0.4, 0.5) is 0 Å². The van der Waals surface area contributed by atoms with Crippen LogP contribution in [0.2, 0.25) is 0 Å². The van der Waals surface area contributed by atoms with Gasteiger partial charge in [-0.05, 0) is 17.5 Å². The average Bonchev–Trinajstić information content (AvgIpc) is 2.30. The number of ether oxygens (including phenoxy) is 1. The van der Waals surface area contributed by atoms with Gasteiger partial charge in [-0.2, -0.15) is 0 Å². The highest BCUT2D eigenvalue weighted by Crippen LogP contribution is 2.27. The quantitative estimate of drug-likeness (QED) is 0.681. The smallest absolute Gasteiger partial charge is 0.126 e. The van der Waals surface area contributed by atoms with E-state index in [9.17, 15) is 0 Å². The van der Waals surface area contributed by atoms with Gasteiger partial charge in [0, 0.05) is 24.2 Å². The normalized spacial score (nSPS) is 11.1. The van der Waals surface area contributed by atoms with Crippen LogP contribution in [0.25, 0.3) is 10.8 Å². The molecule has 0 bridgehead atoms. The zero-order valence-electron chi connectivity index (χ0n) is 8.90. The second kappa shape index (κ2) is 4.13. The molecule has 2 aromatic rings. The molecule has 2 nitrogen and oxygen atoms in total. The molecule has 0 amide bonds. The molecule has 0 aliphatic carbocycles. The van der Waals surface area contributed by atoms with E-state index >= 15 is 0 Å². The summed E-state index contributed by atoms with van der Waals surface area (Å²) in [7, 11) is 3.47. The standard InChI is InChI=1S/C13H13NO/c1-14-9-10-7-8-13(15-2)12-6-4-3-5-11(10)12/h3-9H,1-2H3. The highest BCUT2D eigenvalue weighted by molar-refractivity contribution is 6.02. The van der Waals surface area contributed by atoms with Gasteiger partial charge in [0.1, 0.15) is 5.75 Å². The van der Waals surface area contributed by atoms with E-state index in [0.29, 0.717) is 0 Å². The molecule has 0 atom stereocenters. The lowest BCUT2D eigenvalue weighted by Gasteiger charge is -2.07. The van der Waals surface area contributed by atoms with Crippen LogP contribution in [-0.2, 0) is 0 Å². The van der Waals surface area contributed by atoms with Crippen molar-refractivity contribution in [2.24, 2.45) is 4.99 Å². The minimum atomic E-state index is 0.902. The maximum atomic E-state index is 5.32. The van der Waals surface area contributed by atoms with E-state index in [1.165, 1.54) is 5.39 Å². The predicted octanol–water partition coefficient (Wildman–Crippen LogP) is 2.90. The second-order valence-electron chi connectivity index (χ2n) is 3.29. The number of nitrogens with zero attached hydrogens (tertiary/aromatic N) is 1. The van der Waals surface area contributed by atoms with Gasteiger partial charge < -0.3 is 4.74 Å². The molecule has 0 heterocycles. The molecular formula is C13H13NO. The number of hydrogen-bond donors (Lipinski definition) is 0. The summed E-state index contributed by atoms with van der Waals surface area (Å²) >= 11 is 0. The van der Waals surface area contributed by atoms with E-state index in [1.54, 1.807) is 14.2 Å². The number of fused-ring (bicyclic) bond motifs is 1. The van der Waals surface area contributed by atoms with Gasteiger partial charge in [0.25, 0.3) is 0 Å². The monoisotopic (exact) mass is 199 g/mol. The SMILES string of the molecule is CN=Cc1ccc(OC)c2ccccc12. The molecular weight excluding hydrogens is 186 g/mol. The van der Waals surface area contributed by atoms with Gasteiger partial charge in [0.05, 0.1) is 7.11 Å². The summed E-state index contributed by atoms with van der Waals surface area (Å²) in [5.74, 6) is 0.902. The van der Waals surface area contributed by atoms with E-state index in [-0.39, 0.29) is 0 Å². The molecule has 0 fully saturated rings. The lowest BCUT2D eigenvalue weighted by atomic mass is 10.0. The Morgan fingerprint density at radius 1 is 1.07 bits per heavy atom. The molecule has 0 unspecified atom stereocenters. The Labute approximate surface area is 89.2 Å². The summed E-state index contributed by atoms with van der Waals surface area (Å²) in [5.41, 5.74) is 1.12. The fourth-order valence-electron chi connectivity index (χ4n) is 1.72. The maximum absolute atomic E-state index is 5.32. The first-order chi connectivity index (χ1) is 7.36. The van der Waals surface area contributed by atoms with Gasteiger partial charge >= 0.3 is 0 Å². The summed E-state index contributed by atoms with van der Waals surface area (Å²) in [6, 6.07) is 12.2. The van der Waals surface area contributed by atoms with Crippen molar-refractivity contribution >= 4 is 17.0 Å². The molecule has 0 saturated carbocycles. The third-order valence-electron chi connectivity index (χ3n) is 2.41. The van der Waals surface area contributed by atoms with Gasteiger partial charge in [-0.25, -0.2) is 0 Å². The Balaban J connectivity index is 2.77. The van der Waals surface area contributed by atoms with Crippen LogP contribution in [0.5, 0.6) is 5.75 Å². The van der Waals surface area contributed by atoms with Gasteiger partial charge in [-0.15, -0.1) is 0 Å². The molecule has 2 heteroatoms. The lowest BCUT2D eigenvalue weighted by molar-refractivity contribution is 0.420. The maximum Gasteiger partial charge on any atom is 0.126 e. The average molecular weight is 199 g/mol. The predicted molar refractivity (Wildman–Crippen MR) is 64.0 cm³/mol. The molecule has 0 aliphatic heterocycles. The summed E-state index contributed by atoms with van der Waals surface area (Å²) < 4.78 is 5.32. The number of rotatable bonds is 2. The van der Waals surface area contributed by atoms with Crippen molar-refractivity contribution in [2.75, 3.05) is 14.2 Å². The zero-order chi connectivity index (χ0) is 10.7. The van der Waals surface area contributed by atoms with Crippen molar-refractivity contribution in [3.8, 4) is 5.75 Å². The topological polar surface area (TPSA) is 21.6 Å². The largest absolute Gasteiger partial charge is 0.496 e. The van der Waals surface area contributed by atoms with Gasteiger partial charge in [-0.3, -0.25) is 4.99 Å². The molecule has 0 saturated heterocycles. The first kappa shape index (κ1) is 9.71. The minimum absolute atomic E-state index is 0.902. The highest BCUT2D eigenvalue weighted by atomic mass is 16.5. The minimum Gasteiger partial charge on any atom is -0.496 e. The Morgan fingerprint density at radius 2 is 1.80 bits per heavy atom. The van der Waals surface area contributed by atoms with Crippen molar-refractivity contribution in [3.63, 3.8) is 0 Å². The number of benzene rings is 2. The third-order valence-corrected chi connectivity index (χ3v) is 2.41. The van der Waals surface area contributed by atoms with Gasteiger partial charge in [0.2, 0.25) is 0 Å². The van der Waals surface area contributed by atoms with Crippen molar-refractivity contribution in [1.82, 2.24) is 0 Å². The molecule has 15 heavy (non-hydrogen) atoms. The van der Waals surface area contributed by atoms with Crippen molar-refractivity contribution in [2.45, 2.75) is 0 Å².